The molecule has 0 radical (unpaired) electrons. The number of nitrogens with zero attached hydrogens (tertiary/aromatic N) is 2. The second-order valence-corrected chi connectivity index (χ2v) is 7.82. The summed E-state index contributed by atoms with van der Waals surface area (Å²) in [5.74, 6) is 0.330. The number of carbonyl (C=O) groups is 1. The second-order valence-electron chi connectivity index (χ2n) is 6.44. The molecule has 1 saturated heterocycles. The van der Waals surface area contributed by atoms with Gasteiger partial charge in [-0.2, -0.15) is 5.10 Å². The third-order valence-electron chi connectivity index (χ3n) is 4.40. The Bertz CT molecular complexity index is 678. The van der Waals surface area contributed by atoms with Gasteiger partial charge in [0.1, 0.15) is 0 Å². The smallest absolute Gasteiger partial charge is 0.225 e. The Morgan fingerprint density at radius 3 is 3.00 bits per heavy atom. The van der Waals surface area contributed by atoms with Crippen molar-refractivity contribution in [2.24, 2.45) is 13.0 Å². The van der Waals surface area contributed by atoms with Gasteiger partial charge in [-0.25, -0.2) is 0 Å². The van der Waals surface area contributed by atoms with Crippen molar-refractivity contribution in [3.63, 3.8) is 0 Å². The molecular weight excluding hydrogens is 308 g/mol. The van der Waals surface area contributed by atoms with E-state index in [9.17, 15) is 4.79 Å². The van der Waals surface area contributed by atoms with Crippen LogP contribution in [0.4, 0.5) is 0 Å². The zero-order valence-electron chi connectivity index (χ0n) is 13.9. The predicted octanol–water partition coefficient (Wildman–Crippen LogP) is 1.84. The summed E-state index contributed by atoms with van der Waals surface area (Å²) in [5, 5.41) is 10.8. The van der Waals surface area contributed by atoms with Crippen molar-refractivity contribution in [3.05, 3.63) is 39.8 Å². The van der Waals surface area contributed by atoms with Crippen LogP contribution >= 0.6 is 11.3 Å². The number of hydrogen-bond donors (Lipinski definition) is 2. The van der Waals surface area contributed by atoms with Gasteiger partial charge in [0, 0.05) is 54.5 Å². The van der Waals surface area contributed by atoms with E-state index in [0.29, 0.717) is 0 Å². The maximum atomic E-state index is 12.7. The highest BCUT2D eigenvalue weighted by Gasteiger charge is 2.35. The van der Waals surface area contributed by atoms with E-state index in [0.717, 1.165) is 25.1 Å². The van der Waals surface area contributed by atoms with Gasteiger partial charge in [0.25, 0.3) is 0 Å². The summed E-state index contributed by atoms with van der Waals surface area (Å²) in [5.41, 5.74) is 1.14. The Morgan fingerprint density at radius 1 is 1.52 bits per heavy atom. The van der Waals surface area contributed by atoms with Crippen molar-refractivity contribution < 1.29 is 4.79 Å². The zero-order valence-corrected chi connectivity index (χ0v) is 14.7. The summed E-state index contributed by atoms with van der Waals surface area (Å²) in [6.45, 7) is 5.76. The van der Waals surface area contributed by atoms with Gasteiger partial charge in [0.15, 0.2) is 0 Å². The molecule has 3 atom stereocenters. The van der Waals surface area contributed by atoms with E-state index in [-0.39, 0.29) is 23.8 Å². The molecule has 0 bridgehead atoms. The van der Waals surface area contributed by atoms with Crippen LogP contribution in [0, 0.1) is 12.8 Å². The standard InChI is InChI=1S/C17H24N4OS/c1-11(6-14-5-4-12(2)23-14)20-17(22)16-9-18-8-15(16)13-7-19-21(3)10-13/h4-5,7,10-11,15-16,18H,6,8-9H2,1-3H3,(H,20,22)/t11?,15-,16+/m1/s1. The highest BCUT2D eigenvalue weighted by Crippen LogP contribution is 2.28. The number of rotatable bonds is 5. The fourth-order valence-electron chi connectivity index (χ4n) is 3.23. The first-order chi connectivity index (χ1) is 11.0. The fourth-order valence-corrected chi connectivity index (χ4v) is 4.25. The van der Waals surface area contributed by atoms with Gasteiger partial charge >= 0.3 is 0 Å². The number of aromatic nitrogens is 2. The second kappa shape index (κ2) is 6.84. The van der Waals surface area contributed by atoms with E-state index in [1.165, 1.54) is 9.75 Å². The summed E-state index contributed by atoms with van der Waals surface area (Å²) in [6, 6.07) is 4.43. The van der Waals surface area contributed by atoms with Gasteiger partial charge < -0.3 is 10.6 Å². The average molecular weight is 332 g/mol. The first-order valence-electron chi connectivity index (χ1n) is 8.08. The topological polar surface area (TPSA) is 59.0 Å². The molecule has 1 aliphatic heterocycles. The quantitative estimate of drug-likeness (QED) is 0.878. The van der Waals surface area contributed by atoms with Crippen molar-refractivity contribution in [3.8, 4) is 0 Å². The van der Waals surface area contributed by atoms with Crippen molar-refractivity contribution >= 4 is 17.2 Å². The molecule has 0 aromatic carbocycles. The minimum atomic E-state index is -0.0216. The van der Waals surface area contributed by atoms with Gasteiger partial charge in [-0.1, -0.05) is 0 Å². The molecule has 1 aliphatic rings. The molecule has 1 unspecified atom stereocenters. The van der Waals surface area contributed by atoms with Crippen LogP contribution in [0.3, 0.4) is 0 Å². The van der Waals surface area contributed by atoms with E-state index < -0.39 is 0 Å². The minimum absolute atomic E-state index is 0.0216. The molecule has 3 rings (SSSR count). The number of thiophene rings is 1. The first-order valence-corrected chi connectivity index (χ1v) is 8.89. The third-order valence-corrected chi connectivity index (χ3v) is 5.42. The molecule has 5 nitrogen and oxygen atoms in total. The Balaban J connectivity index is 1.60. The number of hydrogen-bond acceptors (Lipinski definition) is 4. The van der Waals surface area contributed by atoms with Crippen molar-refractivity contribution in [2.45, 2.75) is 32.2 Å². The molecule has 2 aromatic rings. The maximum absolute atomic E-state index is 12.7. The lowest BCUT2D eigenvalue weighted by atomic mass is 9.90. The van der Waals surface area contributed by atoms with Gasteiger partial charge in [-0.3, -0.25) is 9.48 Å². The number of aryl methyl sites for hydroxylation is 2. The molecule has 1 amide bonds. The monoisotopic (exact) mass is 332 g/mol. The van der Waals surface area contributed by atoms with Crippen LogP contribution in [-0.2, 0) is 18.3 Å². The molecular formula is C17H24N4OS. The van der Waals surface area contributed by atoms with Crippen LogP contribution in [0.15, 0.2) is 24.5 Å². The largest absolute Gasteiger partial charge is 0.353 e. The molecule has 0 saturated carbocycles. The van der Waals surface area contributed by atoms with E-state index in [2.05, 4.69) is 41.7 Å². The SMILES string of the molecule is Cc1ccc(CC(C)NC(=O)[C@H]2CNC[C@@H]2c2cnn(C)c2)s1. The van der Waals surface area contributed by atoms with Gasteiger partial charge in [-0.15, -0.1) is 11.3 Å². The summed E-state index contributed by atoms with van der Waals surface area (Å²) in [6.07, 6.45) is 4.77. The highest BCUT2D eigenvalue weighted by molar-refractivity contribution is 7.11. The fraction of sp³-hybridized carbons (Fsp3) is 0.529. The Hall–Kier alpha value is -1.66. The normalized spacial score (nSPS) is 22.2. The van der Waals surface area contributed by atoms with E-state index >= 15 is 0 Å². The number of nitrogens with one attached hydrogen (secondary N) is 2. The van der Waals surface area contributed by atoms with E-state index in [1.54, 1.807) is 16.0 Å². The lowest BCUT2D eigenvalue weighted by Crippen LogP contribution is -2.40. The summed E-state index contributed by atoms with van der Waals surface area (Å²) < 4.78 is 1.80. The molecule has 0 aliphatic carbocycles. The minimum Gasteiger partial charge on any atom is -0.353 e. The van der Waals surface area contributed by atoms with Crippen LogP contribution in [0.5, 0.6) is 0 Å². The first kappa shape index (κ1) is 16.2. The van der Waals surface area contributed by atoms with Crippen LogP contribution in [0.1, 0.15) is 28.2 Å². The van der Waals surface area contributed by atoms with Crippen molar-refractivity contribution in [1.82, 2.24) is 20.4 Å². The van der Waals surface area contributed by atoms with E-state index in [1.807, 2.05) is 19.4 Å². The average Bonchev–Trinajstić information content (AvgIpc) is 3.19. The summed E-state index contributed by atoms with van der Waals surface area (Å²) in [4.78, 5) is 15.3. The van der Waals surface area contributed by atoms with Crippen LogP contribution in [0.2, 0.25) is 0 Å². The third kappa shape index (κ3) is 3.82. The molecule has 6 heteroatoms. The molecule has 0 spiro atoms. The van der Waals surface area contributed by atoms with Crippen LogP contribution in [-0.4, -0.2) is 34.8 Å². The van der Waals surface area contributed by atoms with Crippen LogP contribution < -0.4 is 10.6 Å². The lowest BCUT2D eigenvalue weighted by Gasteiger charge is -2.20. The number of amides is 1. The Kier molecular flexibility index (Phi) is 4.82. The summed E-state index contributed by atoms with van der Waals surface area (Å²) in [7, 11) is 1.91. The molecule has 2 aromatic heterocycles. The molecule has 1 fully saturated rings. The van der Waals surface area contributed by atoms with Crippen molar-refractivity contribution in [1.29, 1.82) is 0 Å². The lowest BCUT2D eigenvalue weighted by molar-refractivity contribution is -0.125. The molecule has 124 valence electrons. The van der Waals surface area contributed by atoms with Crippen molar-refractivity contribution in [2.75, 3.05) is 13.1 Å². The maximum Gasteiger partial charge on any atom is 0.225 e. The van der Waals surface area contributed by atoms with Gasteiger partial charge in [0.2, 0.25) is 5.91 Å². The van der Waals surface area contributed by atoms with Gasteiger partial charge in [0.05, 0.1) is 12.1 Å². The highest BCUT2D eigenvalue weighted by atomic mass is 32.1. The molecule has 3 heterocycles. The van der Waals surface area contributed by atoms with Crippen LogP contribution in [0.25, 0.3) is 0 Å². The number of carbonyl (C=O) groups excluding carboxylic acids is 1. The predicted molar refractivity (Wildman–Crippen MR) is 92.7 cm³/mol. The Labute approximate surface area is 141 Å². The van der Waals surface area contributed by atoms with E-state index in [4.69, 9.17) is 0 Å². The van der Waals surface area contributed by atoms with Gasteiger partial charge in [-0.05, 0) is 31.5 Å². The Morgan fingerprint density at radius 2 is 2.35 bits per heavy atom. The summed E-state index contributed by atoms with van der Waals surface area (Å²) >= 11 is 1.80. The molecule has 2 N–H and O–H groups in total. The zero-order chi connectivity index (χ0) is 16.4. The molecule has 23 heavy (non-hydrogen) atoms.